The van der Waals surface area contributed by atoms with Crippen LogP contribution in [0.5, 0.6) is 0 Å². The monoisotopic (exact) mass is 317 g/mol. The van der Waals surface area contributed by atoms with E-state index < -0.39 is 0 Å². The van der Waals surface area contributed by atoms with E-state index in [0.29, 0.717) is 19.0 Å². The van der Waals surface area contributed by atoms with Crippen LogP contribution >= 0.6 is 0 Å². The second-order valence-corrected chi connectivity index (χ2v) is 6.95. The predicted octanol–water partition coefficient (Wildman–Crippen LogP) is 2.60. The van der Waals surface area contributed by atoms with Crippen LogP contribution in [0.2, 0.25) is 0 Å². The first-order valence-electron chi connectivity index (χ1n) is 9.08. The van der Waals surface area contributed by atoms with Crippen molar-refractivity contribution in [2.24, 2.45) is 5.92 Å². The van der Waals surface area contributed by atoms with Crippen molar-refractivity contribution in [2.45, 2.75) is 70.3 Å². The zero-order valence-corrected chi connectivity index (χ0v) is 13.8. The number of carbonyl (C=O) groups excluding carboxylic acids is 1. The second kappa shape index (κ2) is 7.75. The molecule has 1 N–H and O–H groups in total. The molecule has 2 fully saturated rings. The molecular weight excluding hydrogens is 290 g/mol. The molecule has 2 aliphatic rings. The number of hydrogen-bond donors (Lipinski definition) is 1. The summed E-state index contributed by atoms with van der Waals surface area (Å²) in [4.78, 5) is 28.7. The molecule has 5 nitrogen and oxygen atoms in total. The zero-order chi connectivity index (χ0) is 16.1. The lowest BCUT2D eigenvalue weighted by Crippen LogP contribution is -2.35. The fraction of sp³-hybridized carbons (Fsp3) is 0.722. The molecule has 0 atom stereocenters. The van der Waals surface area contributed by atoms with Crippen LogP contribution in [0.3, 0.4) is 0 Å². The highest BCUT2D eigenvalue weighted by molar-refractivity contribution is 5.78. The Morgan fingerprint density at radius 1 is 1.13 bits per heavy atom. The largest absolute Gasteiger partial charge is 0.354 e. The van der Waals surface area contributed by atoms with E-state index in [1.807, 2.05) is 0 Å². The summed E-state index contributed by atoms with van der Waals surface area (Å²) in [7, 11) is 0. The SMILES string of the molecule is O=C(NCCn1cnc(C2CCCC2)cc1=O)C1CCCCC1. The molecule has 0 aromatic carbocycles. The quantitative estimate of drug-likeness (QED) is 0.908. The van der Waals surface area contributed by atoms with E-state index in [9.17, 15) is 9.59 Å². The molecule has 2 saturated carbocycles. The van der Waals surface area contributed by atoms with E-state index in [2.05, 4.69) is 10.3 Å². The van der Waals surface area contributed by atoms with Crippen LogP contribution < -0.4 is 10.9 Å². The Kier molecular flexibility index (Phi) is 5.47. The summed E-state index contributed by atoms with van der Waals surface area (Å²) in [6.07, 6.45) is 12.0. The van der Waals surface area contributed by atoms with Gasteiger partial charge in [-0.05, 0) is 25.7 Å². The van der Waals surface area contributed by atoms with Crippen molar-refractivity contribution in [1.82, 2.24) is 14.9 Å². The highest BCUT2D eigenvalue weighted by Crippen LogP contribution is 2.32. The molecule has 2 aliphatic carbocycles. The van der Waals surface area contributed by atoms with Gasteiger partial charge in [0.05, 0.1) is 12.0 Å². The summed E-state index contributed by atoms with van der Waals surface area (Å²) in [6.45, 7) is 0.995. The van der Waals surface area contributed by atoms with E-state index in [1.54, 1.807) is 17.0 Å². The van der Waals surface area contributed by atoms with Gasteiger partial charge in [0, 0.05) is 31.0 Å². The Balaban J connectivity index is 1.50. The Bertz CT molecular complexity index is 584. The van der Waals surface area contributed by atoms with Crippen LogP contribution in [0.4, 0.5) is 0 Å². The Hall–Kier alpha value is -1.65. The fourth-order valence-corrected chi connectivity index (χ4v) is 3.86. The number of aromatic nitrogens is 2. The van der Waals surface area contributed by atoms with E-state index in [1.165, 1.54) is 19.3 Å². The van der Waals surface area contributed by atoms with Gasteiger partial charge < -0.3 is 5.32 Å². The normalized spacial score (nSPS) is 19.8. The maximum atomic E-state index is 12.2. The van der Waals surface area contributed by atoms with E-state index >= 15 is 0 Å². The van der Waals surface area contributed by atoms with Gasteiger partial charge in [-0.15, -0.1) is 0 Å². The van der Waals surface area contributed by atoms with Crippen LogP contribution in [0.15, 0.2) is 17.2 Å². The maximum absolute atomic E-state index is 12.2. The molecule has 0 saturated heterocycles. The average molecular weight is 317 g/mol. The number of hydrogen-bond acceptors (Lipinski definition) is 3. The van der Waals surface area contributed by atoms with Gasteiger partial charge in [-0.1, -0.05) is 32.1 Å². The average Bonchev–Trinajstić information content (AvgIpc) is 3.11. The molecule has 0 spiro atoms. The standard InChI is InChI=1S/C18H27N3O2/c22-17-12-16(14-6-4-5-7-14)20-13-21(17)11-10-19-18(23)15-8-2-1-3-9-15/h12-15H,1-11H2,(H,19,23). The van der Waals surface area contributed by atoms with E-state index in [0.717, 1.165) is 44.2 Å². The van der Waals surface area contributed by atoms with Crippen molar-refractivity contribution in [1.29, 1.82) is 0 Å². The van der Waals surface area contributed by atoms with Gasteiger partial charge in [-0.25, -0.2) is 4.98 Å². The third kappa shape index (κ3) is 4.21. The molecule has 1 aromatic heterocycles. The third-order valence-corrected chi connectivity index (χ3v) is 5.30. The number of nitrogens with one attached hydrogen (secondary N) is 1. The predicted molar refractivity (Wildman–Crippen MR) is 89.3 cm³/mol. The van der Waals surface area contributed by atoms with E-state index in [4.69, 9.17) is 0 Å². The lowest BCUT2D eigenvalue weighted by molar-refractivity contribution is -0.125. The second-order valence-electron chi connectivity index (χ2n) is 6.95. The van der Waals surface area contributed by atoms with Crippen molar-refractivity contribution in [3.05, 3.63) is 28.4 Å². The smallest absolute Gasteiger partial charge is 0.253 e. The highest BCUT2D eigenvalue weighted by Gasteiger charge is 2.21. The number of carbonyl (C=O) groups is 1. The fourth-order valence-electron chi connectivity index (χ4n) is 3.86. The molecular formula is C18H27N3O2. The topological polar surface area (TPSA) is 64.0 Å². The van der Waals surface area contributed by atoms with Gasteiger partial charge in [-0.3, -0.25) is 14.2 Å². The van der Waals surface area contributed by atoms with Crippen molar-refractivity contribution in [3.63, 3.8) is 0 Å². The summed E-state index contributed by atoms with van der Waals surface area (Å²) in [5, 5.41) is 2.97. The summed E-state index contributed by atoms with van der Waals surface area (Å²) in [5.74, 6) is 0.778. The van der Waals surface area contributed by atoms with Crippen LogP contribution in [0, 0.1) is 5.92 Å². The van der Waals surface area contributed by atoms with Gasteiger partial charge in [0.15, 0.2) is 0 Å². The van der Waals surface area contributed by atoms with Gasteiger partial charge >= 0.3 is 0 Å². The molecule has 0 bridgehead atoms. The molecule has 1 amide bonds. The number of amides is 1. The van der Waals surface area contributed by atoms with Crippen LogP contribution in [0.25, 0.3) is 0 Å². The first kappa shape index (κ1) is 16.2. The number of nitrogens with zero attached hydrogens (tertiary/aromatic N) is 2. The Morgan fingerprint density at radius 3 is 2.52 bits per heavy atom. The van der Waals surface area contributed by atoms with Gasteiger partial charge in [-0.2, -0.15) is 0 Å². The summed E-state index contributed by atoms with van der Waals surface area (Å²) in [6, 6.07) is 1.68. The van der Waals surface area contributed by atoms with Gasteiger partial charge in [0.1, 0.15) is 0 Å². The lowest BCUT2D eigenvalue weighted by Gasteiger charge is -2.20. The molecule has 5 heteroatoms. The molecule has 0 aliphatic heterocycles. The molecule has 3 rings (SSSR count). The van der Waals surface area contributed by atoms with Crippen LogP contribution in [-0.2, 0) is 11.3 Å². The van der Waals surface area contributed by atoms with Crippen LogP contribution in [-0.4, -0.2) is 22.0 Å². The minimum atomic E-state index is -0.00573. The Labute approximate surface area is 137 Å². The molecule has 0 unspecified atom stereocenters. The van der Waals surface area contributed by atoms with Gasteiger partial charge in [0.2, 0.25) is 5.91 Å². The van der Waals surface area contributed by atoms with Crippen molar-refractivity contribution in [3.8, 4) is 0 Å². The molecule has 1 aromatic rings. The molecule has 23 heavy (non-hydrogen) atoms. The van der Waals surface area contributed by atoms with Crippen molar-refractivity contribution in [2.75, 3.05) is 6.54 Å². The van der Waals surface area contributed by atoms with Crippen molar-refractivity contribution >= 4 is 5.91 Å². The third-order valence-electron chi connectivity index (χ3n) is 5.30. The van der Waals surface area contributed by atoms with Crippen LogP contribution in [0.1, 0.15) is 69.4 Å². The minimum Gasteiger partial charge on any atom is -0.354 e. The minimum absolute atomic E-state index is 0.00573. The lowest BCUT2D eigenvalue weighted by atomic mass is 9.89. The van der Waals surface area contributed by atoms with Crippen molar-refractivity contribution < 1.29 is 4.79 Å². The van der Waals surface area contributed by atoms with Gasteiger partial charge in [0.25, 0.3) is 5.56 Å². The molecule has 126 valence electrons. The first-order valence-corrected chi connectivity index (χ1v) is 9.08. The highest BCUT2D eigenvalue weighted by atomic mass is 16.2. The molecule has 1 heterocycles. The Morgan fingerprint density at radius 2 is 1.83 bits per heavy atom. The maximum Gasteiger partial charge on any atom is 0.253 e. The zero-order valence-electron chi connectivity index (χ0n) is 13.8. The first-order chi connectivity index (χ1) is 11.2. The summed E-state index contributed by atoms with van der Waals surface area (Å²) < 4.78 is 1.60. The molecule has 0 radical (unpaired) electrons. The summed E-state index contributed by atoms with van der Waals surface area (Å²) >= 11 is 0. The summed E-state index contributed by atoms with van der Waals surface area (Å²) in [5.41, 5.74) is 0.934. The van der Waals surface area contributed by atoms with E-state index in [-0.39, 0.29) is 17.4 Å². The number of rotatable bonds is 5.